The number of rotatable bonds is 4. The largest absolute Gasteiger partial charge is 0.337 e. The van der Waals surface area contributed by atoms with E-state index in [9.17, 15) is 14.0 Å². The van der Waals surface area contributed by atoms with E-state index < -0.39 is 5.82 Å². The molecule has 8 nitrogen and oxygen atoms in total. The van der Waals surface area contributed by atoms with Gasteiger partial charge in [-0.3, -0.25) is 15.3 Å². The average molecular weight is 346 g/mol. The van der Waals surface area contributed by atoms with Gasteiger partial charge in [0.1, 0.15) is 11.6 Å². The molecule has 0 fully saturated rings. The molecule has 0 unspecified atom stereocenters. The highest BCUT2D eigenvalue weighted by atomic mass is 19.1. The molecule has 4 N–H and O–H groups in total. The van der Waals surface area contributed by atoms with Gasteiger partial charge in [0, 0.05) is 37.2 Å². The van der Waals surface area contributed by atoms with E-state index >= 15 is 0 Å². The molecule has 0 atom stereocenters. The van der Waals surface area contributed by atoms with Crippen molar-refractivity contribution in [3.63, 3.8) is 0 Å². The summed E-state index contributed by atoms with van der Waals surface area (Å²) in [5, 5.41) is 14.2. The minimum Gasteiger partial charge on any atom is -0.337 e. The highest BCUT2D eigenvalue weighted by Gasteiger charge is 2.24. The van der Waals surface area contributed by atoms with Crippen LogP contribution >= 0.6 is 0 Å². The third-order valence-corrected chi connectivity index (χ3v) is 3.86. The zero-order chi connectivity index (χ0) is 17.8. The highest BCUT2D eigenvalue weighted by Crippen LogP contribution is 2.23. The lowest BCUT2D eigenvalue weighted by atomic mass is 10.1. The number of aromatic amines is 1. The van der Waals surface area contributed by atoms with Gasteiger partial charge in [-0.1, -0.05) is 0 Å². The van der Waals surface area contributed by atoms with Crippen LogP contribution in [0.1, 0.15) is 28.5 Å². The number of fused-ring (bicyclic) bond motifs is 1. The molecule has 3 rings (SSSR count). The Morgan fingerprint density at radius 3 is 2.80 bits per heavy atom. The second-order valence-corrected chi connectivity index (χ2v) is 5.63. The second kappa shape index (κ2) is 7.31. The van der Waals surface area contributed by atoms with Crippen LogP contribution in [0.15, 0.2) is 24.3 Å². The van der Waals surface area contributed by atoms with Gasteiger partial charge in [0.25, 0.3) is 5.91 Å². The molecule has 1 aromatic heterocycles. The van der Waals surface area contributed by atoms with E-state index in [1.807, 2.05) is 6.92 Å². The Kier molecular flexibility index (Phi) is 4.94. The third-order valence-electron chi connectivity index (χ3n) is 3.86. The summed E-state index contributed by atoms with van der Waals surface area (Å²) in [6.45, 7) is 3.42. The quantitative estimate of drug-likeness (QED) is 0.672. The lowest BCUT2D eigenvalue weighted by Gasteiger charge is -2.27. The van der Waals surface area contributed by atoms with Crippen LogP contribution < -0.4 is 16.1 Å². The summed E-state index contributed by atoms with van der Waals surface area (Å²) in [5.74, 6) is -0.283. The summed E-state index contributed by atoms with van der Waals surface area (Å²) < 4.78 is 13.0. The van der Waals surface area contributed by atoms with Crippen LogP contribution in [0.5, 0.6) is 0 Å². The van der Waals surface area contributed by atoms with Crippen LogP contribution in [-0.2, 0) is 13.0 Å². The van der Waals surface area contributed by atoms with E-state index in [2.05, 4.69) is 26.3 Å². The minimum absolute atomic E-state index is 0.272. The Balaban J connectivity index is 1.69. The van der Waals surface area contributed by atoms with Gasteiger partial charge in [-0.25, -0.2) is 14.2 Å². The fourth-order valence-electron chi connectivity index (χ4n) is 2.62. The van der Waals surface area contributed by atoms with Crippen molar-refractivity contribution in [1.29, 1.82) is 0 Å². The molecule has 2 heterocycles. The summed E-state index contributed by atoms with van der Waals surface area (Å²) in [4.78, 5) is 23.9. The van der Waals surface area contributed by atoms with Crippen molar-refractivity contribution in [3.8, 4) is 0 Å². The smallest absolute Gasteiger partial charge is 0.329 e. The van der Waals surface area contributed by atoms with Crippen molar-refractivity contribution in [2.24, 2.45) is 0 Å². The lowest BCUT2D eigenvalue weighted by molar-refractivity contribution is 0.102. The molecule has 3 amide bonds. The first-order valence-electron chi connectivity index (χ1n) is 7.99. The number of carbonyl (C=O) groups excluding carboxylic acids is 2. The molecule has 25 heavy (non-hydrogen) atoms. The number of hydrogen-bond acceptors (Lipinski definition) is 4. The molecule has 0 radical (unpaired) electrons. The Morgan fingerprint density at radius 2 is 2.08 bits per heavy atom. The Hall–Kier alpha value is -2.94. The van der Waals surface area contributed by atoms with Crippen LogP contribution in [0.2, 0.25) is 0 Å². The van der Waals surface area contributed by atoms with Crippen molar-refractivity contribution in [1.82, 2.24) is 25.9 Å². The predicted octanol–water partition coefficient (Wildman–Crippen LogP) is 1.39. The molecule has 9 heteroatoms. The number of nitrogens with zero attached hydrogens (tertiary/aromatic N) is 2. The number of carbonyl (C=O) groups is 2. The van der Waals surface area contributed by atoms with Crippen molar-refractivity contribution in [3.05, 3.63) is 46.9 Å². The first-order valence-corrected chi connectivity index (χ1v) is 7.99. The summed E-state index contributed by atoms with van der Waals surface area (Å²) in [6, 6.07) is 5.02. The molecule has 1 aliphatic rings. The Labute approximate surface area is 143 Å². The van der Waals surface area contributed by atoms with E-state index in [1.165, 1.54) is 24.3 Å². The monoisotopic (exact) mass is 346 g/mol. The standard InChI is InChI=1S/C16H19FN6O2/c1-2-18-16(25)22-23-8-7-13-12(9-23)14(21-20-13)19-15(24)10-3-5-11(17)6-4-10/h3-6H,2,7-9H2,1H3,(H2,18,22,25)(H2,19,20,21,24). The first-order chi connectivity index (χ1) is 12.1. The first kappa shape index (κ1) is 16.9. The van der Waals surface area contributed by atoms with E-state index in [-0.39, 0.29) is 11.9 Å². The van der Waals surface area contributed by atoms with E-state index in [4.69, 9.17) is 0 Å². The van der Waals surface area contributed by atoms with E-state index in [0.29, 0.717) is 37.4 Å². The van der Waals surface area contributed by atoms with Crippen LogP contribution in [-0.4, -0.2) is 40.2 Å². The molecule has 0 saturated carbocycles. The zero-order valence-electron chi connectivity index (χ0n) is 13.7. The van der Waals surface area contributed by atoms with Gasteiger partial charge in [0.05, 0.1) is 5.69 Å². The highest BCUT2D eigenvalue weighted by molar-refractivity contribution is 6.04. The average Bonchev–Trinajstić information content (AvgIpc) is 2.98. The second-order valence-electron chi connectivity index (χ2n) is 5.63. The summed E-state index contributed by atoms with van der Waals surface area (Å²) in [6.07, 6.45) is 0.644. The maximum absolute atomic E-state index is 13.0. The summed E-state index contributed by atoms with van der Waals surface area (Å²) in [5.41, 5.74) is 4.77. The van der Waals surface area contributed by atoms with Gasteiger partial charge in [-0.15, -0.1) is 0 Å². The van der Waals surface area contributed by atoms with Crippen molar-refractivity contribution in [2.45, 2.75) is 19.9 Å². The number of urea groups is 1. The normalized spacial score (nSPS) is 13.8. The predicted molar refractivity (Wildman–Crippen MR) is 89.3 cm³/mol. The third kappa shape index (κ3) is 3.94. The number of nitrogens with one attached hydrogen (secondary N) is 4. The fourth-order valence-corrected chi connectivity index (χ4v) is 2.62. The van der Waals surface area contributed by atoms with Crippen LogP contribution in [0.3, 0.4) is 0 Å². The Morgan fingerprint density at radius 1 is 1.32 bits per heavy atom. The molecular formula is C16H19FN6O2. The number of H-pyrrole nitrogens is 1. The van der Waals surface area contributed by atoms with Gasteiger partial charge in [-0.05, 0) is 31.2 Å². The zero-order valence-corrected chi connectivity index (χ0v) is 13.7. The molecule has 2 aromatic rings. The van der Waals surface area contributed by atoms with E-state index in [1.54, 1.807) is 5.01 Å². The fraction of sp³-hybridized carbons (Fsp3) is 0.312. The molecule has 1 aromatic carbocycles. The van der Waals surface area contributed by atoms with Gasteiger partial charge in [0.15, 0.2) is 0 Å². The van der Waals surface area contributed by atoms with Gasteiger partial charge < -0.3 is 10.6 Å². The topological polar surface area (TPSA) is 102 Å². The van der Waals surface area contributed by atoms with E-state index in [0.717, 1.165) is 11.3 Å². The maximum Gasteiger partial charge on any atom is 0.329 e. The minimum atomic E-state index is -0.400. The number of hydrazine groups is 1. The van der Waals surface area contributed by atoms with Gasteiger partial charge in [0.2, 0.25) is 0 Å². The molecule has 1 aliphatic heterocycles. The number of aromatic nitrogens is 2. The molecule has 0 spiro atoms. The van der Waals surface area contributed by atoms with Crippen molar-refractivity contribution in [2.75, 3.05) is 18.4 Å². The number of benzene rings is 1. The molecule has 132 valence electrons. The van der Waals surface area contributed by atoms with Crippen molar-refractivity contribution < 1.29 is 14.0 Å². The molecular weight excluding hydrogens is 327 g/mol. The van der Waals surface area contributed by atoms with Gasteiger partial charge in [-0.2, -0.15) is 5.10 Å². The number of halogens is 1. The number of anilines is 1. The molecule has 0 bridgehead atoms. The number of hydrogen-bond donors (Lipinski definition) is 4. The van der Waals surface area contributed by atoms with Crippen molar-refractivity contribution >= 4 is 17.8 Å². The maximum atomic E-state index is 13.0. The lowest BCUT2D eigenvalue weighted by Crippen LogP contribution is -2.49. The number of amides is 3. The van der Waals surface area contributed by atoms with Gasteiger partial charge >= 0.3 is 6.03 Å². The SMILES string of the molecule is CCNC(=O)NN1CCc2n[nH]c(NC(=O)c3ccc(F)cc3)c2C1. The Bertz CT molecular complexity index is 773. The van der Waals surface area contributed by atoms with Crippen LogP contribution in [0.25, 0.3) is 0 Å². The molecule has 0 saturated heterocycles. The van der Waals surface area contributed by atoms with Crippen LogP contribution in [0, 0.1) is 5.82 Å². The summed E-state index contributed by atoms with van der Waals surface area (Å²) in [7, 11) is 0. The molecule has 0 aliphatic carbocycles. The summed E-state index contributed by atoms with van der Waals surface area (Å²) >= 11 is 0. The van der Waals surface area contributed by atoms with Crippen LogP contribution in [0.4, 0.5) is 15.0 Å².